The van der Waals surface area contributed by atoms with Gasteiger partial charge in [0.1, 0.15) is 11.4 Å². The number of ether oxygens (including phenoxy) is 1. The van der Waals surface area contributed by atoms with Crippen LogP contribution >= 0.6 is 12.4 Å². The molecule has 3 rings (SSSR count). The number of carbonyl (C=O) groups excluding carboxylic acids is 1. The minimum absolute atomic E-state index is 0. The van der Waals surface area contributed by atoms with Crippen LogP contribution in [0.25, 0.3) is 0 Å². The molecule has 1 atom stereocenters. The molecule has 1 aliphatic rings. The van der Waals surface area contributed by atoms with Gasteiger partial charge in [-0.2, -0.15) is 0 Å². The summed E-state index contributed by atoms with van der Waals surface area (Å²) >= 11 is 0. The van der Waals surface area contributed by atoms with E-state index >= 15 is 0 Å². The highest BCUT2D eigenvalue weighted by Crippen LogP contribution is 2.32. The number of hydrogen-bond donors (Lipinski definition) is 2. The summed E-state index contributed by atoms with van der Waals surface area (Å²) in [7, 11) is 1.59. The Kier molecular flexibility index (Phi) is 6.59. The van der Waals surface area contributed by atoms with Crippen molar-refractivity contribution >= 4 is 29.7 Å². The van der Waals surface area contributed by atoms with Crippen molar-refractivity contribution in [3.63, 3.8) is 0 Å². The van der Waals surface area contributed by atoms with Gasteiger partial charge in [0.2, 0.25) is 0 Å². The van der Waals surface area contributed by atoms with Crippen LogP contribution in [0.1, 0.15) is 22.0 Å². The zero-order valence-corrected chi connectivity index (χ0v) is 15.6. The van der Waals surface area contributed by atoms with E-state index in [1.54, 1.807) is 12.0 Å². The number of nitrogens with one attached hydrogen (secondary N) is 1. The Morgan fingerprint density at radius 1 is 1.33 bits per heavy atom. The number of nitrogen functional groups attached to an aromatic ring is 1. The van der Waals surface area contributed by atoms with Crippen molar-refractivity contribution in [3.05, 3.63) is 63.7 Å². The summed E-state index contributed by atoms with van der Waals surface area (Å²) in [6.45, 7) is 1.71. The maximum Gasteiger partial charge on any atom is 0.292 e. The van der Waals surface area contributed by atoms with E-state index in [1.165, 1.54) is 18.2 Å². The van der Waals surface area contributed by atoms with Gasteiger partial charge in [0.05, 0.1) is 18.1 Å². The molecule has 1 aliphatic heterocycles. The fourth-order valence-electron chi connectivity index (χ4n) is 3.17. The minimum atomic E-state index is -0.582. The van der Waals surface area contributed by atoms with Gasteiger partial charge in [0.25, 0.3) is 11.6 Å². The monoisotopic (exact) mass is 392 g/mol. The Bertz CT molecular complexity index is 846. The lowest BCUT2D eigenvalue weighted by atomic mass is 10.0. The zero-order chi connectivity index (χ0) is 18.7. The van der Waals surface area contributed by atoms with Crippen molar-refractivity contribution in [1.29, 1.82) is 0 Å². The van der Waals surface area contributed by atoms with Gasteiger partial charge in [0, 0.05) is 36.8 Å². The molecular formula is C18H21ClN4O4. The number of nitro groups is 1. The summed E-state index contributed by atoms with van der Waals surface area (Å²) in [5.74, 6) is 0.424. The van der Waals surface area contributed by atoms with Gasteiger partial charge in [-0.25, -0.2) is 0 Å². The molecular weight excluding hydrogens is 372 g/mol. The van der Waals surface area contributed by atoms with Crippen LogP contribution in [0.5, 0.6) is 5.75 Å². The van der Waals surface area contributed by atoms with Gasteiger partial charge in [-0.3, -0.25) is 14.9 Å². The fourth-order valence-corrected chi connectivity index (χ4v) is 3.17. The molecule has 0 spiro atoms. The number of nitrogens with zero attached hydrogens (tertiary/aromatic N) is 2. The van der Waals surface area contributed by atoms with Crippen LogP contribution in [-0.2, 0) is 0 Å². The number of hydrogen-bond acceptors (Lipinski definition) is 6. The lowest BCUT2D eigenvalue weighted by molar-refractivity contribution is -0.383. The summed E-state index contributed by atoms with van der Waals surface area (Å²) in [4.78, 5) is 25.3. The average Bonchev–Trinajstić information content (AvgIpc) is 2.67. The second-order valence-electron chi connectivity index (χ2n) is 5.99. The molecule has 1 heterocycles. The molecule has 1 unspecified atom stereocenters. The highest BCUT2D eigenvalue weighted by molar-refractivity contribution is 5.96. The van der Waals surface area contributed by atoms with Crippen LogP contribution in [-0.4, -0.2) is 42.5 Å². The lowest BCUT2D eigenvalue weighted by Gasteiger charge is -2.37. The van der Waals surface area contributed by atoms with Crippen molar-refractivity contribution in [2.75, 3.05) is 32.5 Å². The number of halogens is 1. The predicted molar refractivity (Wildman–Crippen MR) is 104 cm³/mol. The van der Waals surface area contributed by atoms with Crippen molar-refractivity contribution < 1.29 is 14.5 Å². The predicted octanol–water partition coefficient (Wildman–Crippen LogP) is 2.39. The van der Waals surface area contributed by atoms with E-state index < -0.39 is 4.92 Å². The van der Waals surface area contributed by atoms with E-state index in [4.69, 9.17) is 10.5 Å². The van der Waals surface area contributed by atoms with Gasteiger partial charge in [0.15, 0.2) is 0 Å². The molecule has 1 amide bonds. The number of piperazine rings is 1. The van der Waals surface area contributed by atoms with E-state index in [9.17, 15) is 14.9 Å². The number of methoxy groups -OCH3 is 1. The Morgan fingerprint density at radius 2 is 2.07 bits per heavy atom. The maximum atomic E-state index is 13.1. The van der Waals surface area contributed by atoms with Crippen LogP contribution in [0.15, 0.2) is 42.5 Å². The number of nitro benzene ring substituents is 1. The van der Waals surface area contributed by atoms with Gasteiger partial charge in [-0.15, -0.1) is 12.4 Å². The number of para-hydroxylation sites is 1. The summed E-state index contributed by atoms with van der Waals surface area (Å²) in [5, 5.41) is 14.4. The number of amides is 1. The van der Waals surface area contributed by atoms with Gasteiger partial charge in [-0.1, -0.05) is 18.2 Å². The van der Waals surface area contributed by atoms with Crippen LogP contribution in [0.3, 0.4) is 0 Å². The molecule has 0 bridgehead atoms. The zero-order valence-electron chi connectivity index (χ0n) is 14.8. The maximum absolute atomic E-state index is 13.1. The number of carbonyl (C=O) groups is 1. The van der Waals surface area contributed by atoms with Crippen LogP contribution in [0, 0.1) is 10.1 Å². The van der Waals surface area contributed by atoms with Crippen molar-refractivity contribution in [1.82, 2.24) is 10.2 Å². The topological polar surface area (TPSA) is 111 Å². The first-order valence-electron chi connectivity index (χ1n) is 8.21. The summed E-state index contributed by atoms with van der Waals surface area (Å²) < 4.78 is 5.43. The van der Waals surface area contributed by atoms with Crippen molar-refractivity contribution in [2.24, 2.45) is 0 Å². The van der Waals surface area contributed by atoms with E-state index in [-0.39, 0.29) is 41.3 Å². The SMILES string of the molecule is COc1ccccc1C1CNCCN1C(=O)c1ccc(N)c([N+](=O)[O-])c1.Cl. The lowest BCUT2D eigenvalue weighted by Crippen LogP contribution is -2.48. The third-order valence-electron chi connectivity index (χ3n) is 4.48. The van der Waals surface area contributed by atoms with Gasteiger partial charge < -0.3 is 20.7 Å². The average molecular weight is 393 g/mol. The molecule has 0 aromatic heterocycles. The molecule has 1 fully saturated rings. The Morgan fingerprint density at radius 3 is 2.78 bits per heavy atom. The summed E-state index contributed by atoms with van der Waals surface area (Å²) in [5.41, 5.74) is 6.54. The quantitative estimate of drug-likeness (QED) is 0.469. The fraction of sp³-hybridized carbons (Fsp3) is 0.278. The van der Waals surface area contributed by atoms with Crippen molar-refractivity contribution in [2.45, 2.75) is 6.04 Å². The molecule has 9 heteroatoms. The van der Waals surface area contributed by atoms with Crippen LogP contribution in [0.2, 0.25) is 0 Å². The smallest absolute Gasteiger partial charge is 0.292 e. The molecule has 2 aromatic rings. The molecule has 3 N–H and O–H groups in total. The van der Waals surface area contributed by atoms with Crippen LogP contribution < -0.4 is 15.8 Å². The highest BCUT2D eigenvalue weighted by atomic mass is 35.5. The van der Waals surface area contributed by atoms with E-state index in [0.717, 1.165) is 5.56 Å². The number of benzene rings is 2. The first-order valence-corrected chi connectivity index (χ1v) is 8.21. The number of rotatable bonds is 4. The first kappa shape index (κ1) is 20.5. The second kappa shape index (κ2) is 8.70. The van der Waals surface area contributed by atoms with E-state index in [1.807, 2.05) is 24.3 Å². The molecule has 144 valence electrons. The molecule has 8 nitrogen and oxygen atoms in total. The third kappa shape index (κ3) is 4.12. The van der Waals surface area contributed by atoms with Crippen molar-refractivity contribution in [3.8, 4) is 5.75 Å². The highest BCUT2D eigenvalue weighted by Gasteiger charge is 2.31. The molecule has 0 saturated carbocycles. The largest absolute Gasteiger partial charge is 0.496 e. The molecule has 27 heavy (non-hydrogen) atoms. The Hall–Kier alpha value is -2.84. The Labute approximate surface area is 162 Å². The third-order valence-corrected chi connectivity index (χ3v) is 4.48. The van der Waals surface area contributed by atoms with E-state index in [0.29, 0.717) is 25.4 Å². The first-order chi connectivity index (χ1) is 12.5. The van der Waals surface area contributed by atoms with Gasteiger partial charge in [-0.05, 0) is 18.2 Å². The minimum Gasteiger partial charge on any atom is -0.496 e. The Balaban J connectivity index is 0.00000261. The standard InChI is InChI=1S/C18H20N4O4.ClH/c1-26-17-5-3-2-4-13(17)16-11-20-8-9-21(16)18(23)12-6-7-14(19)15(10-12)22(24)25;/h2-7,10,16,20H,8-9,11,19H2,1H3;1H. The number of anilines is 1. The molecule has 1 saturated heterocycles. The van der Waals surface area contributed by atoms with Crippen LogP contribution in [0.4, 0.5) is 11.4 Å². The van der Waals surface area contributed by atoms with E-state index in [2.05, 4.69) is 5.32 Å². The summed E-state index contributed by atoms with van der Waals surface area (Å²) in [6.07, 6.45) is 0. The molecule has 2 aromatic carbocycles. The molecule has 0 aliphatic carbocycles. The van der Waals surface area contributed by atoms with Gasteiger partial charge >= 0.3 is 0 Å². The molecule has 0 radical (unpaired) electrons. The normalized spacial score (nSPS) is 16.3. The second-order valence-corrected chi connectivity index (χ2v) is 5.99. The summed E-state index contributed by atoms with van der Waals surface area (Å²) in [6, 6.07) is 11.4. The number of nitrogens with two attached hydrogens (primary N) is 1.